The third-order valence-electron chi connectivity index (χ3n) is 4.00. The maximum atomic E-state index is 13.0. The zero-order chi connectivity index (χ0) is 18.2. The van der Waals surface area contributed by atoms with Crippen LogP contribution < -0.4 is 9.62 Å². The molecule has 130 valence electrons. The van der Waals surface area contributed by atoms with Gasteiger partial charge >= 0.3 is 0 Å². The second kappa shape index (κ2) is 6.69. The number of sulfonamides is 1. The van der Waals surface area contributed by atoms with Crippen molar-refractivity contribution in [3.8, 4) is 0 Å². The van der Waals surface area contributed by atoms with Crippen molar-refractivity contribution in [2.24, 2.45) is 0 Å². The summed E-state index contributed by atoms with van der Waals surface area (Å²) in [6.07, 6.45) is 0. The average molecular weight is 419 g/mol. The Morgan fingerprint density at radius 2 is 1.64 bits per heavy atom. The fourth-order valence-electron chi connectivity index (χ4n) is 2.79. The van der Waals surface area contributed by atoms with Crippen molar-refractivity contribution in [1.82, 2.24) is 0 Å². The molecule has 0 saturated heterocycles. The molecular formula is C19H19BrN2O2S. The van der Waals surface area contributed by atoms with Gasteiger partial charge in [0.25, 0.3) is 10.0 Å². The van der Waals surface area contributed by atoms with Crippen LogP contribution in [0.2, 0.25) is 0 Å². The van der Waals surface area contributed by atoms with E-state index in [-0.39, 0.29) is 4.90 Å². The van der Waals surface area contributed by atoms with Crippen molar-refractivity contribution >= 4 is 48.1 Å². The van der Waals surface area contributed by atoms with Crippen molar-refractivity contribution < 1.29 is 8.42 Å². The van der Waals surface area contributed by atoms with Gasteiger partial charge in [0.1, 0.15) is 0 Å². The zero-order valence-electron chi connectivity index (χ0n) is 14.2. The molecule has 0 atom stereocenters. The van der Waals surface area contributed by atoms with Crippen LogP contribution in [0.4, 0.5) is 11.4 Å². The van der Waals surface area contributed by atoms with Crippen LogP contribution in [0.3, 0.4) is 0 Å². The fourth-order valence-corrected chi connectivity index (χ4v) is 4.82. The average Bonchev–Trinajstić information content (AvgIpc) is 2.56. The van der Waals surface area contributed by atoms with Crippen LogP contribution in [0.25, 0.3) is 10.8 Å². The van der Waals surface area contributed by atoms with E-state index in [0.29, 0.717) is 15.5 Å². The van der Waals surface area contributed by atoms with Crippen LogP contribution in [0.1, 0.15) is 5.56 Å². The lowest BCUT2D eigenvalue weighted by atomic mass is 10.1. The second-order valence-electron chi connectivity index (χ2n) is 6.11. The highest BCUT2D eigenvalue weighted by Crippen LogP contribution is 2.32. The van der Waals surface area contributed by atoms with Gasteiger partial charge in [0, 0.05) is 35.0 Å². The first-order valence-electron chi connectivity index (χ1n) is 7.77. The quantitative estimate of drug-likeness (QED) is 0.663. The highest BCUT2D eigenvalue weighted by atomic mass is 79.9. The Labute approximate surface area is 156 Å². The summed E-state index contributed by atoms with van der Waals surface area (Å²) < 4.78 is 29.4. The summed E-state index contributed by atoms with van der Waals surface area (Å²) in [6.45, 7) is 1.95. The zero-order valence-corrected chi connectivity index (χ0v) is 16.6. The molecule has 0 saturated carbocycles. The maximum Gasteiger partial charge on any atom is 0.262 e. The Kier molecular flexibility index (Phi) is 4.75. The number of aryl methyl sites for hydroxylation is 1. The molecule has 4 nitrogen and oxygen atoms in total. The number of benzene rings is 3. The molecule has 0 bridgehead atoms. The van der Waals surface area contributed by atoms with E-state index in [4.69, 9.17) is 0 Å². The molecule has 0 aliphatic heterocycles. The summed E-state index contributed by atoms with van der Waals surface area (Å²) in [4.78, 5) is 2.24. The summed E-state index contributed by atoms with van der Waals surface area (Å²) >= 11 is 3.42. The van der Waals surface area contributed by atoms with E-state index in [0.717, 1.165) is 16.6 Å². The van der Waals surface area contributed by atoms with Gasteiger partial charge in [-0.1, -0.05) is 30.3 Å². The summed E-state index contributed by atoms with van der Waals surface area (Å²) in [5.74, 6) is 0. The molecule has 0 amide bonds. The Balaban J connectivity index is 2.13. The lowest BCUT2D eigenvalue weighted by molar-refractivity contribution is 0.602. The van der Waals surface area contributed by atoms with Gasteiger partial charge in [0.05, 0.1) is 10.6 Å². The third-order valence-corrected chi connectivity index (χ3v) is 6.08. The number of fused-ring (bicyclic) bond motifs is 1. The number of halogens is 1. The molecule has 0 fully saturated rings. The van der Waals surface area contributed by atoms with Gasteiger partial charge in [-0.15, -0.1) is 0 Å². The lowest BCUT2D eigenvalue weighted by Crippen LogP contribution is -2.14. The smallest absolute Gasteiger partial charge is 0.262 e. The number of rotatable bonds is 4. The minimum atomic E-state index is -3.72. The summed E-state index contributed by atoms with van der Waals surface area (Å²) in [5.41, 5.74) is 2.55. The van der Waals surface area contributed by atoms with Crippen LogP contribution in [0.15, 0.2) is 64.0 Å². The van der Waals surface area contributed by atoms with E-state index in [1.807, 2.05) is 62.3 Å². The summed E-state index contributed by atoms with van der Waals surface area (Å²) in [6, 6.07) is 16.5. The van der Waals surface area contributed by atoms with Crippen molar-refractivity contribution in [2.75, 3.05) is 23.7 Å². The lowest BCUT2D eigenvalue weighted by Gasteiger charge is -2.17. The van der Waals surface area contributed by atoms with Crippen molar-refractivity contribution in [1.29, 1.82) is 0 Å². The van der Waals surface area contributed by atoms with Crippen LogP contribution >= 0.6 is 15.9 Å². The summed E-state index contributed by atoms with van der Waals surface area (Å²) in [5, 5.41) is 1.60. The van der Waals surface area contributed by atoms with Gasteiger partial charge in [0.15, 0.2) is 0 Å². The summed E-state index contributed by atoms with van der Waals surface area (Å²) in [7, 11) is 0.168. The van der Waals surface area contributed by atoms with Crippen molar-refractivity contribution in [2.45, 2.75) is 11.8 Å². The molecule has 3 aromatic carbocycles. The van der Waals surface area contributed by atoms with Gasteiger partial charge in [-0.05, 0) is 52.7 Å². The monoisotopic (exact) mass is 418 g/mol. The standard InChI is InChI=1S/C19H19BrN2O2S/c1-13-10-11-17(16(20)12-13)21-25(23,24)19-9-5-6-14-15(19)7-4-8-18(14)22(2)3/h4-12,21H,1-3H3. The van der Waals surface area contributed by atoms with Crippen LogP contribution in [-0.4, -0.2) is 22.5 Å². The molecule has 1 N–H and O–H groups in total. The molecule has 3 aromatic rings. The third kappa shape index (κ3) is 3.50. The first-order chi connectivity index (χ1) is 11.8. The van der Waals surface area contributed by atoms with Gasteiger partial charge < -0.3 is 4.90 Å². The van der Waals surface area contributed by atoms with E-state index in [1.165, 1.54) is 0 Å². The van der Waals surface area contributed by atoms with E-state index in [9.17, 15) is 8.42 Å². The van der Waals surface area contributed by atoms with E-state index in [2.05, 4.69) is 20.7 Å². The highest BCUT2D eigenvalue weighted by Gasteiger charge is 2.19. The molecule has 0 spiro atoms. The Bertz CT molecular complexity index is 1050. The Morgan fingerprint density at radius 1 is 0.960 bits per heavy atom. The van der Waals surface area contributed by atoms with Crippen LogP contribution in [-0.2, 0) is 10.0 Å². The maximum absolute atomic E-state index is 13.0. The van der Waals surface area contributed by atoms with Gasteiger partial charge in [-0.3, -0.25) is 4.72 Å². The molecular weight excluding hydrogens is 400 g/mol. The van der Waals surface area contributed by atoms with Gasteiger partial charge in [0.2, 0.25) is 0 Å². The topological polar surface area (TPSA) is 49.4 Å². The first-order valence-corrected chi connectivity index (χ1v) is 10.1. The largest absolute Gasteiger partial charge is 0.377 e. The van der Waals surface area contributed by atoms with Crippen molar-refractivity contribution in [3.63, 3.8) is 0 Å². The number of nitrogens with zero attached hydrogens (tertiary/aromatic N) is 1. The minimum Gasteiger partial charge on any atom is -0.377 e. The van der Waals surface area contributed by atoms with E-state index >= 15 is 0 Å². The Hall–Kier alpha value is -2.05. The molecule has 0 aromatic heterocycles. The van der Waals surface area contributed by atoms with E-state index in [1.54, 1.807) is 18.2 Å². The number of hydrogen-bond acceptors (Lipinski definition) is 3. The molecule has 0 aliphatic carbocycles. The number of anilines is 2. The van der Waals surface area contributed by atoms with Crippen molar-refractivity contribution in [3.05, 3.63) is 64.6 Å². The second-order valence-corrected chi connectivity index (χ2v) is 8.62. The fraction of sp³-hybridized carbons (Fsp3) is 0.158. The normalized spacial score (nSPS) is 11.5. The first kappa shape index (κ1) is 17.8. The number of nitrogens with one attached hydrogen (secondary N) is 1. The molecule has 0 radical (unpaired) electrons. The molecule has 6 heteroatoms. The minimum absolute atomic E-state index is 0.265. The van der Waals surface area contributed by atoms with E-state index < -0.39 is 10.0 Å². The Morgan fingerprint density at radius 3 is 2.32 bits per heavy atom. The number of hydrogen-bond donors (Lipinski definition) is 1. The molecule has 0 heterocycles. The van der Waals surface area contributed by atoms with Crippen LogP contribution in [0.5, 0.6) is 0 Å². The van der Waals surface area contributed by atoms with Gasteiger partial charge in [-0.25, -0.2) is 8.42 Å². The van der Waals surface area contributed by atoms with Gasteiger partial charge in [-0.2, -0.15) is 0 Å². The molecule has 0 aliphatic rings. The predicted molar refractivity (Wildman–Crippen MR) is 108 cm³/mol. The molecule has 25 heavy (non-hydrogen) atoms. The SMILES string of the molecule is Cc1ccc(NS(=O)(=O)c2cccc3c(N(C)C)cccc23)c(Br)c1. The van der Waals surface area contributed by atoms with Crippen LogP contribution in [0, 0.1) is 6.92 Å². The molecule has 3 rings (SSSR count). The highest BCUT2D eigenvalue weighted by molar-refractivity contribution is 9.10. The predicted octanol–water partition coefficient (Wildman–Crippen LogP) is 4.78. The molecule has 0 unspecified atom stereocenters.